The minimum absolute atomic E-state index is 0.0487. The fourth-order valence-electron chi connectivity index (χ4n) is 2.86. The van der Waals surface area contributed by atoms with Gasteiger partial charge < -0.3 is 10.1 Å². The molecule has 2 rings (SSSR count). The molecule has 0 aliphatic rings. The predicted octanol–water partition coefficient (Wildman–Crippen LogP) is 3.98. The molecule has 2 N–H and O–H groups in total. The van der Waals surface area contributed by atoms with Gasteiger partial charge in [0.25, 0.3) is 0 Å². The summed E-state index contributed by atoms with van der Waals surface area (Å²) in [6.07, 6.45) is 0.808. The zero-order valence-electron chi connectivity index (χ0n) is 17.9. The van der Waals surface area contributed by atoms with Crippen LogP contribution in [-0.2, 0) is 27.8 Å². The van der Waals surface area contributed by atoms with E-state index in [9.17, 15) is 13.2 Å². The average molecular weight is 433 g/mol. The van der Waals surface area contributed by atoms with Crippen molar-refractivity contribution in [1.29, 1.82) is 0 Å². The van der Waals surface area contributed by atoms with Gasteiger partial charge in [-0.05, 0) is 42.4 Å². The molecule has 7 heteroatoms. The van der Waals surface area contributed by atoms with E-state index in [1.165, 1.54) is 0 Å². The van der Waals surface area contributed by atoms with Crippen LogP contribution >= 0.6 is 0 Å². The molecule has 164 valence electrons. The van der Waals surface area contributed by atoms with Gasteiger partial charge >= 0.3 is 6.09 Å². The topological polar surface area (TPSA) is 84.5 Å². The maximum absolute atomic E-state index is 12.2. The number of ether oxygens (including phenoxy) is 1. The highest BCUT2D eigenvalue weighted by atomic mass is 32.2. The van der Waals surface area contributed by atoms with Crippen LogP contribution in [0.4, 0.5) is 4.79 Å². The predicted molar refractivity (Wildman–Crippen MR) is 120 cm³/mol. The molecule has 2 unspecified atom stereocenters. The van der Waals surface area contributed by atoms with Crippen LogP contribution in [0.5, 0.6) is 0 Å². The van der Waals surface area contributed by atoms with E-state index in [1.54, 1.807) is 6.92 Å². The van der Waals surface area contributed by atoms with E-state index in [0.29, 0.717) is 25.9 Å². The van der Waals surface area contributed by atoms with Gasteiger partial charge in [0.2, 0.25) is 10.0 Å². The van der Waals surface area contributed by atoms with E-state index < -0.39 is 21.4 Å². The van der Waals surface area contributed by atoms with Crippen LogP contribution in [0.3, 0.4) is 0 Å². The zero-order valence-corrected chi connectivity index (χ0v) is 18.7. The first-order valence-electron chi connectivity index (χ1n) is 10.3. The van der Waals surface area contributed by atoms with Crippen LogP contribution in [0, 0.1) is 0 Å². The van der Waals surface area contributed by atoms with Crippen LogP contribution in [0.1, 0.15) is 49.8 Å². The Morgan fingerprint density at radius 1 is 1.03 bits per heavy atom. The van der Waals surface area contributed by atoms with Gasteiger partial charge in [0.15, 0.2) is 0 Å². The molecule has 0 saturated carbocycles. The van der Waals surface area contributed by atoms with Crippen molar-refractivity contribution in [3.8, 4) is 0 Å². The Kier molecular flexibility index (Phi) is 9.33. The first kappa shape index (κ1) is 23.9. The average Bonchev–Trinajstić information content (AvgIpc) is 2.76. The lowest BCUT2D eigenvalue weighted by Crippen LogP contribution is -2.34. The van der Waals surface area contributed by atoms with Gasteiger partial charge in [0, 0.05) is 13.1 Å². The first-order valence-corrected chi connectivity index (χ1v) is 11.9. The van der Waals surface area contributed by atoms with Crippen molar-refractivity contribution < 1.29 is 17.9 Å². The molecule has 0 aliphatic heterocycles. The fraction of sp³-hybridized carbons (Fsp3) is 0.435. The number of hydrogen-bond acceptors (Lipinski definition) is 4. The molecule has 2 aromatic rings. The van der Waals surface area contributed by atoms with Crippen molar-refractivity contribution in [2.24, 2.45) is 0 Å². The largest absolute Gasteiger partial charge is 0.445 e. The van der Waals surface area contributed by atoms with Crippen molar-refractivity contribution in [1.82, 2.24) is 10.0 Å². The Labute approximate surface area is 180 Å². The summed E-state index contributed by atoms with van der Waals surface area (Å²) in [4.78, 5) is 11.8. The Bertz CT molecular complexity index is 900. The SMILES string of the molecule is CCC(C)S(=O)(=O)NCC(C)c1cccc(CCNC(=O)OCc2ccccc2)c1. The smallest absolute Gasteiger partial charge is 0.407 e. The maximum Gasteiger partial charge on any atom is 0.407 e. The third-order valence-corrected chi connectivity index (χ3v) is 7.07. The number of carbonyl (C=O) groups is 1. The fourth-order valence-corrected chi connectivity index (χ4v) is 4.06. The second kappa shape index (κ2) is 11.7. The van der Waals surface area contributed by atoms with Gasteiger partial charge in [-0.1, -0.05) is 68.4 Å². The van der Waals surface area contributed by atoms with E-state index in [2.05, 4.69) is 16.1 Å². The summed E-state index contributed by atoms with van der Waals surface area (Å²) in [5.41, 5.74) is 3.08. The number of sulfonamides is 1. The Morgan fingerprint density at radius 2 is 1.73 bits per heavy atom. The van der Waals surface area contributed by atoms with Gasteiger partial charge in [-0.25, -0.2) is 17.9 Å². The lowest BCUT2D eigenvalue weighted by atomic mass is 9.98. The summed E-state index contributed by atoms with van der Waals surface area (Å²) in [5.74, 6) is 0.0487. The highest BCUT2D eigenvalue weighted by Gasteiger charge is 2.19. The van der Waals surface area contributed by atoms with Crippen molar-refractivity contribution in [2.75, 3.05) is 13.1 Å². The van der Waals surface area contributed by atoms with E-state index >= 15 is 0 Å². The second-order valence-corrected chi connectivity index (χ2v) is 9.68. The summed E-state index contributed by atoms with van der Waals surface area (Å²) in [5, 5.41) is 2.36. The second-order valence-electron chi connectivity index (χ2n) is 7.50. The number of carbonyl (C=O) groups excluding carboxylic acids is 1. The number of rotatable bonds is 11. The molecule has 0 aliphatic carbocycles. The van der Waals surface area contributed by atoms with E-state index in [-0.39, 0.29) is 12.5 Å². The molecule has 0 fully saturated rings. The summed E-state index contributed by atoms with van der Waals surface area (Å²) < 4.78 is 32.2. The maximum atomic E-state index is 12.2. The van der Waals surface area contributed by atoms with Crippen LogP contribution in [0.15, 0.2) is 54.6 Å². The summed E-state index contributed by atoms with van der Waals surface area (Å²) in [6, 6.07) is 17.5. The first-order chi connectivity index (χ1) is 14.3. The molecule has 0 saturated heterocycles. The van der Waals surface area contributed by atoms with Gasteiger partial charge in [0.1, 0.15) is 6.61 Å². The van der Waals surface area contributed by atoms with Crippen molar-refractivity contribution in [2.45, 2.75) is 51.4 Å². The third kappa shape index (κ3) is 7.80. The lowest BCUT2D eigenvalue weighted by molar-refractivity contribution is 0.140. The molecule has 6 nitrogen and oxygen atoms in total. The molecule has 30 heavy (non-hydrogen) atoms. The zero-order chi connectivity index (χ0) is 22.0. The Balaban J connectivity index is 1.78. The quantitative estimate of drug-likeness (QED) is 0.563. The molecule has 2 aromatic carbocycles. The Morgan fingerprint density at radius 3 is 2.43 bits per heavy atom. The highest BCUT2D eigenvalue weighted by molar-refractivity contribution is 7.90. The molecule has 0 aromatic heterocycles. The van der Waals surface area contributed by atoms with Gasteiger partial charge in [-0.2, -0.15) is 0 Å². The molecular formula is C23H32N2O4S. The normalized spacial score (nSPS) is 13.4. The van der Waals surface area contributed by atoms with E-state index in [4.69, 9.17) is 4.74 Å². The number of alkyl carbamates (subject to hydrolysis) is 1. The number of nitrogens with one attached hydrogen (secondary N) is 2. The summed E-state index contributed by atoms with van der Waals surface area (Å²) >= 11 is 0. The van der Waals surface area contributed by atoms with Crippen molar-refractivity contribution in [3.63, 3.8) is 0 Å². The number of amides is 1. The van der Waals surface area contributed by atoms with Crippen molar-refractivity contribution in [3.05, 3.63) is 71.3 Å². The molecular weight excluding hydrogens is 400 g/mol. The Hall–Kier alpha value is -2.38. The van der Waals surface area contributed by atoms with Gasteiger partial charge in [-0.15, -0.1) is 0 Å². The summed E-state index contributed by atoms with van der Waals surface area (Å²) in [7, 11) is -3.28. The van der Waals surface area contributed by atoms with E-state index in [0.717, 1.165) is 16.7 Å². The molecule has 0 spiro atoms. The van der Waals surface area contributed by atoms with Crippen LogP contribution in [0.2, 0.25) is 0 Å². The lowest BCUT2D eigenvalue weighted by Gasteiger charge is -2.17. The van der Waals surface area contributed by atoms with Gasteiger partial charge in [0.05, 0.1) is 5.25 Å². The highest BCUT2D eigenvalue weighted by Crippen LogP contribution is 2.17. The minimum Gasteiger partial charge on any atom is -0.445 e. The molecule has 0 radical (unpaired) electrons. The summed E-state index contributed by atoms with van der Waals surface area (Å²) in [6.45, 7) is 6.64. The molecule has 0 heterocycles. The molecule has 0 bridgehead atoms. The third-order valence-electron chi connectivity index (χ3n) is 5.11. The monoisotopic (exact) mass is 432 g/mol. The van der Waals surface area contributed by atoms with E-state index in [1.807, 2.05) is 62.4 Å². The molecule has 2 atom stereocenters. The number of benzene rings is 2. The van der Waals surface area contributed by atoms with Crippen LogP contribution in [0.25, 0.3) is 0 Å². The number of hydrogen-bond donors (Lipinski definition) is 2. The van der Waals surface area contributed by atoms with Crippen molar-refractivity contribution >= 4 is 16.1 Å². The van der Waals surface area contributed by atoms with Crippen LogP contribution in [-0.4, -0.2) is 32.9 Å². The van der Waals surface area contributed by atoms with Crippen LogP contribution < -0.4 is 10.0 Å². The minimum atomic E-state index is -3.28. The standard InChI is InChI=1S/C23H32N2O4S/c1-4-19(3)30(27,28)25-16-18(2)22-12-8-11-20(15-22)13-14-24-23(26)29-17-21-9-6-5-7-10-21/h5-12,15,18-19,25H,4,13-14,16-17H2,1-3H3,(H,24,26). The van der Waals surface area contributed by atoms with Gasteiger partial charge in [-0.3, -0.25) is 0 Å². The molecule has 1 amide bonds.